The van der Waals surface area contributed by atoms with Gasteiger partial charge in [-0.25, -0.2) is 9.18 Å². The standard InChI is InChI=1S/C14H18FIN2O10/c15-13(26)9(23)7(10(16)24)27-11(13)14(8(22)6(21)4(3-19)28-14)18-2-1-5(20)17-12(18)25/h1-2,4,6-11,19,21-24,26H,3H2,(H,17,20,25)/t4-,6-,7-,8-,9+,10?,11+,13-,14+/m1/s1. The minimum Gasteiger partial charge on any atom is -0.394 e. The van der Waals surface area contributed by atoms with Crippen LogP contribution in [0.25, 0.3) is 0 Å². The Bertz CT molecular complexity index is 846. The Labute approximate surface area is 168 Å². The quantitative estimate of drug-likeness (QED) is 0.151. The van der Waals surface area contributed by atoms with Gasteiger partial charge in [-0.15, -0.1) is 0 Å². The molecule has 3 rings (SSSR count). The predicted molar refractivity (Wildman–Crippen MR) is 94.0 cm³/mol. The minimum absolute atomic E-state index is 0.474. The number of halogens is 2. The van der Waals surface area contributed by atoms with Gasteiger partial charge in [0.2, 0.25) is 5.72 Å². The molecule has 2 fully saturated rings. The topological polar surface area (TPSA) is 195 Å². The Kier molecular flexibility index (Phi) is 5.72. The van der Waals surface area contributed by atoms with Crippen molar-refractivity contribution < 1.29 is 44.5 Å². The van der Waals surface area contributed by atoms with Crippen molar-refractivity contribution in [2.45, 2.75) is 52.3 Å². The number of hydrogen-bond acceptors (Lipinski definition) is 10. The van der Waals surface area contributed by atoms with E-state index >= 15 is 4.39 Å². The van der Waals surface area contributed by atoms with E-state index in [1.165, 1.54) is 22.6 Å². The molecule has 14 heteroatoms. The number of nitrogens with one attached hydrogen (secondary N) is 1. The van der Waals surface area contributed by atoms with E-state index in [4.69, 9.17) is 9.47 Å². The molecular formula is C14H18FIN2O10. The maximum Gasteiger partial charge on any atom is 0.330 e. The van der Waals surface area contributed by atoms with E-state index in [1.54, 1.807) is 0 Å². The van der Waals surface area contributed by atoms with Crippen molar-refractivity contribution in [3.8, 4) is 0 Å². The number of aromatic amines is 1. The normalized spacial score (nSPS) is 44.7. The Hall–Kier alpha value is -0.980. The van der Waals surface area contributed by atoms with Gasteiger partial charge in [-0.3, -0.25) is 14.3 Å². The molecule has 0 radical (unpaired) electrons. The second kappa shape index (κ2) is 7.37. The molecule has 12 nitrogen and oxygen atoms in total. The summed E-state index contributed by atoms with van der Waals surface area (Å²) in [6.45, 7) is -0.865. The summed E-state index contributed by atoms with van der Waals surface area (Å²) in [4.78, 5) is 25.6. The van der Waals surface area contributed by atoms with E-state index in [0.717, 1.165) is 12.3 Å². The van der Waals surface area contributed by atoms with Gasteiger partial charge < -0.3 is 40.1 Å². The highest BCUT2D eigenvalue weighted by atomic mass is 127. The van der Waals surface area contributed by atoms with Crippen LogP contribution in [0.5, 0.6) is 0 Å². The summed E-state index contributed by atoms with van der Waals surface area (Å²) < 4.78 is 24.7. The number of aliphatic hydroxyl groups is 6. The molecule has 1 unspecified atom stereocenters. The predicted octanol–water partition coefficient (Wildman–Crippen LogP) is -4.16. The number of nitrogens with zero attached hydrogens (tertiary/aromatic N) is 1. The van der Waals surface area contributed by atoms with Gasteiger partial charge in [0.05, 0.1) is 6.61 Å². The van der Waals surface area contributed by atoms with Gasteiger partial charge >= 0.3 is 5.69 Å². The van der Waals surface area contributed by atoms with Crippen LogP contribution >= 0.6 is 22.6 Å². The number of alkyl halides is 2. The Morgan fingerprint density at radius 3 is 2.43 bits per heavy atom. The largest absolute Gasteiger partial charge is 0.394 e. The zero-order chi connectivity index (χ0) is 21.0. The van der Waals surface area contributed by atoms with Crippen LogP contribution in [0.15, 0.2) is 21.9 Å². The van der Waals surface area contributed by atoms with E-state index in [-0.39, 0.29) is 0 Å². The van der Waals surface area contributed by atoms with Gasteiger partial charge in [-0.1, -0.05) is 0 Å². The third-order valence-electron chi connectivity index (χ3n) is 4.88. The zero-order valence-electron chi connectivity index (χ0n) is 13.9. The molecule has 9 atom stereocenters. The molecule has 1 aromatic rings. The van der Waals surface area contributed by atoms with Gasteiger partial charge in [0.15, 0.2) is 6.10 Å². The van der Waals surface area contributed by atoms with Gasteiger partial charge in [0, 0.05) is 12.3 Å². The summed E-state index contributed by atoms with van der Waals surface area (Å²) in [5.41, 5.74) is -4.77. The number of hydrogen-bond donors (Lipinski definition) is 7. The highest BCUT2D eigenvalue weighted by Crippen LogP contribution is 2.48. The van der Waals surface area contributed by atoms with Crippen molar-refractivity contribution in [2.75, 3.05) is 6.61 Å². The molecule has 0 bridgehead atoms. The third-order valence-corrected chi connectivity index (χ3v) is 5.59. The molecule has 0 amide bonds. The van der Waals surface area contributed by atoms with E-state index in [0.29, 0.717) is 4.57 Å². The van der Waals surface area contributed by atoms with Gasteiger partial charge in [-0.2, -0.15) is 0 Å². The highest BCUT2D eigenvalue weighted by Gasteiger charge is 2.72. The molecule has 2 aliphatic rings. The van der Waals surface area contributed by atoms with Crippen molar-refractivity contribution in [3.63, 3.8) is 0 Å². The van der Waals surface area contributed by atoms with Crippen LogP contribution in [0.3, 0.4) is 0 Å². The average Bonchev–Trinajstić information content (AvgIpc) is 3.00. The van der Waals surface area contributed by atoms with Crippen molar-refractivity contribution in [2.24, 2.45) is 0 Å². The average molecular weight is 520 g/mol. The van der Waals surface area contributed by atoms with Crippen molar-refractivity contribution in [3.05, 3.63) is 33.1 Å². The lowest BCUT2D eigenvalue weighted by Crippen LogP contribution is -2.64. The SMILES string of the molecule is O=c1ccn([C@]2([C@H]3O[C@@H](C(O)I)[C@H](O)[C@]3(O)F)O[C@H](CO)[C@@H](O)[C@H]2O)c(=O)[nH]1. The van der Waals surface area contributed by atoms with Crippen LogP contribution in [0, 0.1) is 0 Å². The molecule has 2 aliphatic heterocycles. The Morgan fingerprint density at radius 2 is 1.96 bits per heavy atom. The van der Waals surface area contributed by atoms with E-state index in [2.05, 4.69) is 0 Å². The second-order valence-corrected chi connectivity index (χ2v) is 7.81. The van der Waals surface area contributed by atoms with Gasteiger partial charge in [-0.05, 0) is 22.6 Å². The summed E-state index contributed by atoms with van der Waals surface area (Å²) in [6.07, 6.45) is -11.1. The summed E-state index contributed by atoms with van der Waals surface area (Å²) in [5, 5.41) is 60.2. The molecular weight excluding hydrogens is 502 g/mol. The van der Waals surface area contributed by atoms with Crippen molar-refractivity contribution >= 4 is 22.6 Å². The number of aliphatic hydroxyl groups excluding tert-OH is 5. The molecule has 2 saturated heterocycles. The lowest BCUT2D eigenvalue weighted by atomic mass is 9.90. The smallest absolute Gasteiger partial charge is 0.330 e. The monoisotopic (exact) mass is 520 g/mol. The fourth-order valence-electron chi connectivity index (χ4n) is 3.53. The first-order valence-electron chi connectivity index (χ1n) is 8.02. The molecule has 158 valence electrons. The molecule has 28 heavy (non-hydrogen) atoms. The van der Waals surface area contributed by atoms with Crippen LogP contribution < -0.4 is 11.2 Å². The van der Waals surface area contributed by atoms with Gasteiger partial charge in [0.1, 0.15) is 34.6 Å². The van der Waals surface area contributed by atoms with Crippen LogP contribution in [0.1, 0.15) is 0 Å². The summed E-state index contributed by atoms with van der Waals surface area (Å²) in [5.74, 6) is -3.67. The van der Waals surface area contributed by atoms with Crippen molar-refractivity contribution in [1.82, 2.24) is 9.55 Å². The second-order valence-electron chi connectivity index (χ2n) is 6.53. The van der Waals surface area contributed by atoms with Crippen LogP contribution in [0.4, 0.5) is 4.39 Å². The molecule has 1 aromatic heterocycles. The number of aromatic nitrogens is 2. The van der Waals surface area contributed by atoms with Gasteiger partial charge in [0.25, 0.3) is 11.4 Å². The van der Waals surface area contributed by atoms with E-state index in [1.807, 2.05) is 4.98 Å². The number of rotatable bonds is 4. The van der Waals surface area contributed by atoms with Crippen LogP contribution in [-0.4, -0.2) is 93.4 Å². The first-order chi connectivity index (χ1) is 13.0. The Morgan fingerprint density at radius 1 is 1.32 bits per heavy atom. The lowest BCUT2D eigenvalue weighted by Gasteiger charge is -2.40. The lowest BCUT2D eigenvalue weighted by molar-refractivity contribution is -0.281. The maximum absolute atomic E-state index is 15.1. The molecule has 0 spiro atoms. The fraction of sp³-hybridized carbons (Fsp3) is 0.714. The molecule has 0 aliphatic carbocycles. The summed E-state index contributed by atoms with van der Waals surface area (Å²) >= 11 is 1.38. The van der Waals surface area contributed by atoms with E-state index < -0.39 is 70.2 Å². The molecule has 3 heterocycles. The summed E-state index contributed by atoms with van der Waals surface area (Å²) in [6, 6.07) is 0.825. The molecule has 0 saturated carbocycles. The van der Waals surface area contributed by atoms with Crippen molar-refractivity contribution in [1.29, 1.82) is 0 Å². The summed E-state index contributed by atoms with van der Waals surface area (Å²) in [7, 11) is 0. The molecule has 7 N–H and O–H groups in total. The number of H-pyrrole nitrogens is 1. The number of ether oxygens (including phenoxy) is 2. The van der Waals surface area contributed by atoms with Crippen LogP contribution in [0.2, 0.25) is 0 Å². The van der Waals surface area contributed by atoms with E-state index in [9.17, 15) is 40.2 Å². The Balaban J connectivity index is 2.24. The maximum atomic E-state index is 15.1. The first kappa shape index (κ1) is 21.7. The minimum atomic E-state index is -3.67. The zero-order valence-corrected chi connectivity index (χ0v) is 16.1. The molecule has 0 aromatic carbocycles. The fourth-order valence-corrected chi connectivity index (χ4v) is 4.09. The first-order valence-corrected chi connectivity index (χ1v) is 9.27. The van der Waals surface area contributed by atoms with Crippen LogP contribution in [-0.2, 0) is 15.2 Å². The third kappa shape index (κ3) is 3.03. The highest BCUT2D eigenvalue weighted by molar-refractivity contribution is 14.1.